The molecule has 7 N–H and O–H groups in total. The third-order valence-electron chi connectivity index (χ3n) is 9.20. The summed E-state index contributed by atoms with van der Waals surface area (Å²) in [5, 5.41) is 13.1. The Kier molecular flexibility index (Phi) is 20.8. The number of alkyl halides is 12. The average Bonchev–Trinajstić information content (AvgIpc) is 3.29. The number of carbonyl (C=O) groups excluding carboxylic acids is 4. The summed E-state index contributed by atoms with van der Waals surface area (Å²) in [5.41, 5.74) is 2.68. The Morgan fingerprint density at radius 1 is 0.513 bits per heavy atom. The minimum Gasteiger partial charge on any atom is -0.508 e. The van der Waals surface area contributed by atoms with Crippen LogP contribution in [0.3, 0.4) is 0 Å². The molecule has 0 atom stereocenters. The zero-order valence-electron chi connectivity index (χ0n) is 37.9. The van der Waals surface area contributed by atoms with Crippen LogP contribution in [0, 0.1) is 23.3 Å². The first-order chi connectivity index (χ1) is 35.5. The first kappa shape index (κ1) is 63.7. The maximum absolute atomic E-state index is 15.0. The Labute approximate surface area is 435 Å². The fraction of sp³-hybridized carbons (Fsp3) is 0.149. The number of phenolic OH excluding ortho intramolecular Hbond substituents is 1. The first-order valence-electron chi connectivity index (χ1n) is 20.1. The summed E-state index contributed by atoms with van der Waals surface area (Å²) in [6.45, 7) is 0. The number of carbonyl (C=O) groups is 4. The number of hydrogen-bond donors (Lipinski definition) is 5. The Balaban J connectivity index is 0.000000342. The number of nitrogens with two attached hydrogens (primary N) is 2. The molecule has 0 heterocycles. The van der Waals surface area contributed by atoms with E-state index in [2.05, 4.69) is 35.5 Å². The second-order valence-corrected chi connectivity index (χ2v) is 15.3. The first-order valence-corrected chi connectivity index (χ1v) is 20.8. The van der Waals surface area contributed by atoms with Gasteiger partial charge in [-0.1, -0.05) is 7.43 Å². The van der Waals surface area contributed by atoms with Crippen LogP contribution in [0.25, 0.3) is 0 Å². The summed E-state index contributed by atoms with van der Waals surface area (Å²) < 4.78 is 229. The molecule has 0 radical (unpaired) electrons. The number of phenols is 1. The quantitative estimate of drug-likeness (QED) is 0.0732. The van der Waals surface area contributed by atoms with Crippen molar-refractivity contribution in [2.24, 2.45) is 11.5 Å². The van der Waals surface area contributed by atoms with Gasteiger partial charge in [-0.15, -0.1) is 26.3 Å². The molecule has 420 valence electrons. The lowest BCUT2D eigenvalue weighted by atomic mass is 10.1. The van der Waals surface area contributed by atoms with E-state index >= 15 is 0 Å². The maximum Gasteiger partial charge on any atom is 0.573 e. The van der Waals surface area contributed by atoms with E-state index < -0.39 is 128 Å². The van der Waals surface area contributed by atoms with Gasteiger partial charge in [0, 0.05) is 28.0 Å². The van der Waals surface area contributed by atoms with Gasteiger partial charge in [0.2, 0.25) is 0 Å². The van der Waals surface area contributed by atoms with Gasteiger partial charge in [0.15, 0.2) is 28.8 Å². The number of ether oxygens (including phenoxy) is 5. The number of halogens is 17. The van der Waals surface area contributed by atoms with Crippen LogP contribution in [-0.2, 0) is 12.4 Å². The van der Waals surface area contributed by atoms with Crippen molar-refractivity contribution in [1.29, 1.82) is 0 Å². The van der Waals surface area contributed by atoms with Crippen LogP contribution in [0.15, 0.2) is 102 Å². The Hall–Kier alpha value is -8.64. The van der Waals surface area contributed by atoms with Crippen LogP contribution in [0.1, 0.15) is 60.0 Å². The largest absolute Gasteiger partial charge is 0.573 e. The van der Waals surface area contributed by atoms with Crippen LogP contribution in [0.4, 0.5) is 81.6 Å². The van der Waals surface area contributed by atoms with E-state index in [1.54, 1.807) is 0 Å². The van der Waals surface area contributed by atoms with E-state index in [1.165, 1.54) is 7.11 Å². The minimum absolute atomic E-state index is 0. The molecule has 78 heavy (non-hydrogen) atoms. The molecular weight excluding hydrogens is 1160 g/mol. The fourth-order valence-corrected chi connectivity index (χ4v) is 6.42. The van der Waals surface area contributed by atoms with E-state index in [0.29, 0.717) is 12.1 Å². The lowest BCUT2D eigenvalue weighted by molar-refractivity contribution is -0.276. The van der Waals surface area contributed by atoms with E-state index in [4.69, 9.17) is 26.0 Å². The minimum atomic E-state index is -5.23. The molecule has 0 fully saturated rings. The summed E-state index contributed by atoms with van der Waals surface area (Å²) in [5.74, 6) is -14.2. The SMILES string of the molecule is C.COc1cc(O)ccc1OC(F)(F)F.COc1cc(Oc2ccc(C(F)(F)F)c(F)c2C(=O)Nc2ccc(F)c(C(N)=O)c2)ccc1OC(F)(F)F.NC(=O)c1cc(NC(=O)c2c(Br)ccc(C(F)(F)F)c2F)ccc1F. The highest BCUT2D eigenvalue weighted by Gasteiger charge is 2.39. The van der Waals surface area contributed by atoms with Crippen molar-refractivity contribution in [3.05, 3.63) is 158 Å². The lowest BCUT2D eigenvalue weighted by Gasteiger charge is -2.17. The van der Waals surface area contributed by atoms with E-state index in [9.17, 15) is 89.4 Å². The van der Waals surface area contributed by atoms with Crippen LogP contribution in [0.5, 0.6) is 40.2 Å². The maximum atomic E-state index is 15.0. The molecule has 0 saturated heterocycles. The number of methoxy groups -OCH3 is 2. The normalized spacial score (nSPS) is 11.3. The van der Waals surface area contributed by atoms with E-state index in [-0.39, 0.29) is 46.6 Å². The van der Waals surface area contributed by atoms with Crippen molar-refractivity contribution in [1.82, 2.24) is 0 Å². The number of benzene rings is 6. The predicted molar refractivity (Wildman–Crippen MR) is 244 cm³/mol. The Morgan fingerprint density at radius 2 is 0.910 bits per heavy atom. The molecule has 0 aromatic heterocycles. The molecule has 6 aromatic rings. The van der Waals surface area contributed by atoms with Gasteiger partial charge in [-0.25, -0.2) is 17.6 Å². The highest BCUT2D eigenvalue weighted by atomic mass is 79.9. The van der Waals surface area contributed by atoms with Crippen molar-refractivity contribution < 1.29 is 118 Å². The van der Waals surface area contributed by atoms with Gasteiger partial charge in [-0.05, 0) is 101 Å². The molecule has 0 aliphatic rings. The average molecular weight is 1200 g/mol. The number of nitrogens with one attached hydrogen (secondary N) is 2. The van der Waals surface area contributed by atoms with Gasteiger partial charge >= 0.3 is 25.1 Å². The Morgan fingerprint density at radius 3 is 1.33 bits per heavy atom. The van der Waals surface area contributed by atoms with Crippen molar-refractivity contribution in [2.45, 2.75) is 32.5 Å². The number of aromatic hydroxyl groups is 1. The number of rotatable bonds is 12. The van der Waals surface area contributed by atoms with E-state index in [0.717, 1.165) is 86.0 Å². The fourth-order valence-electron chi connectivity index (χ4n) is 5.94. The highest BCUT2D eigenvalue weighted by molar-refractivity contribution is 9.10. The van der Waals surface area contributed by atoms with Crippen LogP contribution in [0.2, 0.25) is 0 Å². The third kappa shape index (κ3) is 17.2. The second kappa shape index (κ2) is 25.5. The zero-order chi connectivity index (χ0) is 58.1. The number of primary amides is 2. The molecule has 14 nitrogen and oxygen atoms in total. The van der Waals surface area contributed by atoms with Crippen LogP contribution in [-0.4, -0.2) is 55.7 Å². The molecule has 6 aromatic carbocycles. The molecular formula is C47H33BrF16N4O10. The topological polar surface area (TPSA) is 211 Å². The summed E-state index contributed by atoms with van der Waals surface area (Å²) in [4.78, 5) is 47.4. The lowest BCUT2D eigenvalue weighted by Crippen LogP contribution is -2.19. The van der Waals surface area contributed by atoms with Crippen molar-refractivity contribution in [3.63, 3.8) is 0 Å². The monoisotopic (exact) mass is 1200 g/mol. The van der Waals surface area contributed by atoms with Crippen molar-refractivity contribution in [3.8, 4) is 40.2 Å². The van der Waals surface area contributed by atoms with Gasteiger partial charge in [0.1, 0.15) is 40.3 Å². The molecule has 0 spiro atoms. The summed E-state index contributed by atoms with van der Waals surface area (Å²) in [7, 11) is 2.17. The summed E-state index contributed by atoms with van der Waals surface area (Å²) in [6, 6.07) is 13.0. The smallest absolute Gasteiger partial charge is 0.508 e. The van der Waals surface area contributed by atoms with E-state index in [1.807, 2.05) is 5.32 Å². The second-order valence-electron chi connectivity index (χ2n) is 14.5. The van der Waals surface area contributed by atoms with Gasteiger partial charge in [0.25, 0.3) is 23.6 Å². The molecule has 0 bridgehead atoms. The van der Waals surface area contributed by atoms with Crippen molar-refractivity contribution in [2.75, 3.05) is 24.9 Å². The standard InChI is InChI=1S/C23H14F8N2O5.C15H8BrF5N2O2.C8H7F3O3.CH4/c1-36-17-9-11(3-6-15(17)38-23(29,30)31)37-16-7-4-13(22(26,27)28)19(25)18(16)21(35)33-10-2-5-14(24)12(8-10)20(32)34;16-9-3-2-8(15(19,20)21)12(18)11(9)14(25)23-6-1-4-10(17)7(5-6)13(22)24;1-13-7-4-5(12)2-3-6(7)14-8(9,10)11;/h2-9H,1H3,(H2,32,34)(H,33,35);1-5H,(H2,22,24)(H,23,25);2-4,12H,1H3;1H4. The molecule has 31 heteroatoms. The third-order valence-corrected chi connectivity index (χ3v) is 9.86. The molecule has 0 saturated carbocycles. The van der Waals surface area contributed by atoms with Gasteiger partial charge in [-0.2, -0.15) is 26.3 Å². The molecule has 0 aliphatic carbocycles. The summed E-state index contributed by atoms with van der Waals surface area (Å²) in [6.07, 6.45) is -20.1. The summed E-state index contributed by atoms with van der Waals surface area (Å²) >= 11 is 2.81. The van der Waals surface area contributed by atoms with Gasteiger partial charge in [0.05, 0.1) is 42.0 Å². The molecule has 0 unspecified atom stereocenters. The van der Waals surface area contributed by atoms with Crippen LogP contribution >= 0.6 is 15.9 Å². The van der Waals surface area contributed by atoms with Gasteiger partial charge in [-0.3, -0.25) is 19.2 Å². The molecule has 4 amide bonds. The Bertz CT molecular complexity index is 3190. The molecule has 0 aliphatic heterocycles. The van der Waals surface area contributed by atoms with Gasteiger partial charge < -0.3 is 50.9 Å². The zero-order valence-corrected chi connectivity index (χ0v) is 39.5. The predicted octanol–water partition coefficient (Wildman–Crippen LogP) is 13.1. The highest BCUT2D eigenvalue weighted by Crippen LogP contribution is 2.41. The number of amides is 4. The molecule has 6 rings (SSSR count). The number of anilines is 2. The van der Waals surface area contributed by atoms with Crippen LogP contribution < -0.4 is 45.8 Å². The number of hydrogen-bond acceptors (Lipinski definition) is 10. The van der Waals surface area contributed by atoms with Crippen molar-refractivity contribution >= 4 is 50.9 Å².